The highest BCUT2D eigenvalue weighted by Gasteiger charge is 2.43. The maximum atomic E-state index is 12.6. The lowest BCUT2D eigenvalue weighted by molar-refractivity contribution is -0.108. The van der Waals surface area contributed by atoms with Gasteiger partial charge in [0.2, 0.25) is 0 Å². The number of benzene rings is 7. The van der Waals surface area contributed by atoms with Crippen molar-refractivity contribution < 1.29 is 4.79 Å². The summed E-state index contributed by atoms with van der Waals surface area (Å²) in [6.45, 7) is 0. The van der Waals surface area contributed by atoms with Crippen LogP contribution in [0.4, 0.5) is 5.82 Å². The smallest absolute Gasteiger partial charge is 0.182 e. The summed E-state index contributed by atoms with van der Waals surface area (Å²) >= 11 is 0. The van der Waals surface area contributed by atoms with Crippen molar-refractivity contribution >= 4 is 23.3 Å². The first-order valence-corrected chi connectivity index (χ1v) is 19.6. The molecule has 6 nitrogen and oxygen atoms in total. The molecule has 6 heteroatoms. The predicted molar refractivity (Wildman–Crippen MR) is 232 cm³/mol. The van der Waals surface area contributed by atoms with Crippen LogP contribution in [0.25, 0.3) is 11.2 Å². The van der Waals surface area contributed by atoms with Crippen LogP contribution >= 0.6 is 0 Å². The summed E-state index contributed by atoms with van der Waals surface area (Å²) in [4.78, 5) is 18.2. The summed E-state index contributed by atoms with van der Waals surface area (Å²) in [5.74, 6) is 0.284. The van der Waals surface area contributed by atoms with Crippen LogP contribution < -0.4 is 5.32 Å². The lowest BCUT2D eigenvalue weighted by atomic mass is 9.76. The summed E-state index contributed by atoms with van der Waals surface area (Å²) < 4.78 is 1.98. The molecule has 0 radical (unpaired) electrons. The van der Waals surface area contributed by atoms with Crippen molar-refractivity contribution in [3.8, 4) is 0 Å². The Kier molecular flexibility index (Phi) is 9.97. The van der Waals surface area contributed by atoms with Gasteiger partial charge in [-0.15, -0.1) is 5.10 Å². The molecule has 2 aromatic heterocycles. The summed E-state index contributed by atoms with van der Waals surface area (Å²) in [6, 6.07) is 75.0. The van der Waals surface area contributed by atoms with Crippen molar-refractivity contribution in [1.82, 2.24) is 20.0 Å². The summed E-state index contributed by atoms with van der Waals surface area (Å²) in [7, 11) is 0. The average molecular weight is 752 g/mol. The Bertz CT molecular complexity index is 2530. The number of aromatic nitrogens is 4. The Hall–Kier alpha value is -7.44. The SMILES string of the molecule is O=CCC(c1ccccc1)c1cc(NC(c2ccccc2)(c2ccccc2)c2ccccc2)nc2c1nnn2C(c1ccccc1)(c1ccccc1)c1ccccc1. The largest absolute Gasteiger partial charge is 0.353 e. The number of carbonyl (C=O) groups is 1. The van der Waals surface area contributed by atoms with E-state index < -0.39 is 11.1 Å². The number of pyridine rings is 1. The Morgan fingerprint density at radius 1 is 0.517 bits per heavy atom. The Balaban J connectivity index is 1.40. The fraction of sp³-hybridized carbons (Fsp3) is 0.0769. The van der Waals surface area contributed by atoms with Crippen LogP contribution in [0.5, 0.6) is 0 Å². The molecule has 2 heterocycles. The Labute approximate surface area is 338 Å². The Morgan fingerprint density at radius 3 is 1.29 bits per heavy atom. The molecule has 0 amide bonds. The molecule has 0 saturated carbocycles. The van der Waals surface area contributed by atoms with Crippen molar-refractivity contribution in [3.63, 3.8) is 0 Å². The number of nitrogens with one attached hydrogen (secondary N) is 1. The van der Waals surface area contributed by atoms with Crippen molar-refractivity contribution in [3.05, 3.63) is 263 Å². The highest BCUT2D eigenvalue weighted by Crippen LogP contribution is 2.45. The van der Waals surface area contributed by atoms with E-state index >= 15 is 0 Å². The van der Waals surface area contributed by atoms with E-state index in [2.05, 4.69) is 169 Å². The van der Waals surface area contributed by atoms with E-state index in [1.807, 2.05) is 59.3 Å². The quantitative estimate of drug-likeness (QED) is 0.0938. The fourth-order valence-electron chi connectivity index (χ4n) is 8.58. The first-order valence-electron chi connectivity index (χ1n) is 19.6. The summed E-state index contributed by atoms with van der Waals surface area (Å²) in [6.07, 6.45) is 1.24. The molecule has 0 spiro atoms. The second-order valence-electron chi connectivity index (χ2n) is 14.4. The first-order chi connectivity index (χ1) is 28.7. The molecule has 280 valence electrons. The minimum absolute atomic E-state index is 0.248. The third-order valence-electron chi connectivity index (χ3n) is 11.2. The monoisotopic (exact) mass is 751 g/mol. The van der Waals surface area contributed by atoms with Gasteiger partial charge in [-0.1, -0.05) is 218 Å². The van der Waals surface area contributed by atoms with E-state index in [4.69, 9.17) is 15.3 Å². The second-order valence-corrected chi connectivity index (χ2v) is 14.4. The van der Waals surface area contributed by atoms with Crippen LogP contribution in [0.2, 0.25) is 0 Å². The van der Waals surface area contributed by atoms with Gasteiger partial charge in [0, 0.05) is 12.3 Å². The molecule has 0 aliphatic carbocycles. The number of fused-ring (bicyclic) bond motifs is 1. The second kappa shape index (κ2) is 16.0. The van der Waals surface area contributed by atoms with Gasteiger partial charge < -0.3 is 10.1 Å². The van der Waals surface area contributed by atoms with Crippen LogP contribution in [0, 0.1) is 0 Å². The molecule has 0 bridgehead atoms. The molecule has 0 aliphatic heterocycles. The average Bonchev–Trinajstić information content (AvgIpc) is 3.74. The number of anilines is 1. The number of nitrogens with zero attached hydrogens (tertiary/aromatic N) is 4. The van der Waals surface area contributed by atoms with E-state index in [0.29, 0.717) is 17.0 Å². The van der Waals surface area contributed by atoms with Crippen LogP contribution in [-0.2, 0) is 15.9 Å². The van der Waals surface area contributed by atoms with E-state index in [0.717, 1.165) is 50.8 Å². The van der Waals surface area contributed by atoms with Gasteiger partial charge >= 0.3 is 0 Å². The first kappa shape index (κ1) is 36.2. The zero-order valence-electron chi connectivity index (χ0n) is 31.8. The maximum absolute atomic E-state index is 12.6. The zero-order valence-corrected chi connectivity index (χ0v) is 31.8. The molecule has 9 aromatic rings. The molecule has 7 aromatic carbocycles. The van der Waals surface area contributed by atoms with Gasteiger partial charge in [0.25, 0.3) is 0 Å². The summed E-state index contributed by atoms with van der Waals surface area (Å²) in [5.41, 5.74) is 7.33. The topological polar surface area (TPSA) is 72.7 Å². The molecular weight excluding hydrogens is 711 g/mol. The van der Waals surface area contributed by atoms with Gasteiger partial charge in [-0.05, 0) is 50.6 Å². The number of hydrogen-bond donors (Lipinski definition) is 1. The van der Waals surface area contributed by atoms with E-state index in [9.17, 15) is 4.79 Å². The van der Waals surface area contributed by atoms with Crippen LogP contribution in [0.1, 0.15) is 56.8 Å². The van der Waals surface area contributed by atoms with Crippen molar-refractivity contribution in [2.45, 2.75) is 23.4 Å². The van der Waals surface area contributed by atoms with Gasteiger partial charge in [0.05, 0.1) is 0 Å². The molecule has 0 aliphatic rings. The standard InChI is InChI=1S/C52H41N5O/c58-37-36-46(39-22-8-1-9-23-39)47-38-48(54-51(40-24-10-2-11-25-40,41-26-12-3-13-27-41)42-28-14-4-15-29-42)53-50-49(47)55-56-57(50)52(43-30-16-5-17-31-43,44-32-18-6-19-33-44)45-34-20-7-21-35-45/h1-35,37-38,46H,36H2,(H,53,54). The molecule has 1 unspecified atom stereocenters. The van der Waals surface area contributed by atoms with E-state index in [1.54, 1.807) is 0 Å². The molecule has 9 rings (SSSR count). The highest BCUT2D eigenvalue weighted by atomic mass is 16.1. The molecular formula is C52H41N5O. The number of aldehydes is 1. The van der Waals surface area contributed by atoms with Crippen molar-refractivity contribution in [2.75, 3.05) is 5.32 Å². The minimum Gasteiger partial charge on any atom is -0.353 e. The molecule has 1 atom stereocenters. The van der Waals surface area contributed by atoms with Crippen LogP contribution in [0.3, 0.4) is 0 Å². The lowest BCUT2D eigenvalue weighted by Crippen LogP contribution is -2.39. The predicted octanol–water partition coefficient (Wildman–Crippen LogP) is 10.8. The van der Waals surface area contributed by atoms with E-state index in [1.165, 1.54) is 0 Å². The van der Waals surface area contributed by atoms with Crippen molar-refractivity contribution in [2.24, 2.45) is 0 Å². The van der Waals surface area contributed by atoms with E-state index in [-0.39, 0.29) is 12.3 Å². The molecule has 1 N–H and O–H groups in total. The molecule has 58 heavy (non-hydrogen) atoms. The van der Waals surface area contributed by atoms with Gasteiger partial charge in [-0.3, -0.25) is 0 Å². The van der Waals surface area contributed by atoms with Gasteiger partial charge in [-0.2, -0.15) is 0 Å². The number of rotatable bonds is 13. The third kappa shape index (κ3) is 6.35. The molecule has 0 saturated heterocycles. The van der Waals surface area contributed by atoms with Crippen LogP contribution in [0.15, 0.2) is 218 Å². The molecule has 0 fully saturated rings. The number of hydrogen-bond acceptors (Lipinski definition) is 5. The fourth-order valence-corrected chi connectivity index (χ4v) is 8.58. The third-order valence-corrected chi connectivity index (χ3v) is 11.2. The van der Waals surface area contributed by atoms with Crippen molar-refractivity contribution in [1.29, 1.82) is 0 Å². The van der Waals surface area contributed by atoms with Gasteiger partial charge in [-0.25, -0.2) is 9.67 Å². The number of carbonyl (C=O) groups excluding carboxylic acids is 1. The van der Waals surface area contributed by atoms with Crippen LogP contribution in [-0.4, -0.2) is 26.3 Å². The zero-order chi connectivity index (χ0) is 39.2. The van der Waals surface area contributed by atoms with Gasteiger partial charge in [0.1, 0.15) is 28.7 Å². The maximum Gasteiger partial charge on any atom is 0.182 e. The minimum atomic E-state index is -0.982. The Morgan fingerprint density at radius 2 is 0.897 bits per heavy atom. The summed E-state index contributed by atoms with van der Waals surface area (Å²) in [5, 5.41) is 14.1. The lowest BCUT2D eigenvalue weighted by Gasteiger charge is -2.38. The normalized spacial score (nSPS) is 12.2. The van der Waals surface area contributed by atoms with Gasteiger partial charge in [0.15, 0.2) is 5.65 Å². The highest BCUT2D eigenvalue weighted by molar-refractivity contribution is 5.81.